The van der Waals surface area contributed by atoms with Gasteiger partial charge in [0.25, 0.3) is 0 Å². The van der Waals surface area contributed by atoms with Crippen molar-refractivity contribution in [2.75, 3.05) is 0 Å². The third kappa shape index (κ3) is 24.8. The van der Waals surface area contributed by atoms with Gasteiger partial charge in [-0.05, 0) is 32.1 Å². The van der Waals surface area contributed by atoms with Crippen LogP contribution in [0.4, 0.5) is 0 Å². The molecule has 4 heteroatoms. The van der Waals surface area contributed by atoms with Crippen LogP contribution in [0.3, 0.4) is 0 Å². The predicted molar refractivity (Wildman–Crippen MR) is 29.4 cm³/mol. The molecule has 0 aromatic carbocycles. The van der Waals surface area contributed by atoms with Crippen LogP contribution < -0.4 is 29.6 Å². The molecule has 11 heavy (non-hydrogen) atoms. The van der Waals surface area contributed by atoms with E-state index in [4.69, 9.17) is 9.30 Å². The molecule has 0 atom stereocenters. The zero-order valence-corrected chi connectivity index (χ0v) is 9.16. The second-order valence-electron chi connectivity index (χ2n) is 0.962. The van der Waals surface area contributed by atoms with Gasteiger partial charge in [-0.3, -0.25) is 0 Å². The van der Waals surface area contributed by atoms with Gasteiger partial charge in [0.1, 0.15) is 0 Å². The van der Waals surface area contributed by atoms with Crippen LogP contribution in [0, 0.1) is 45.4 Å². The van der Waals surface area contributed by atoms with E-state index in [1.54, 1.807) is 0 Å². The fourth-order valence-corrected chi connectivity index (χ4v) is 0.321. The standard InChI is InChI=1S/C5H5.2CO.Fe.Na/c1-2-4-5-3-1;2*1-2;;/h1-5H;;;;/q;;;;+1. The van der Waals surface area contributed by atoms with Crippen LogP contribution in [-0.4, -0.2) is 0 Å². The van der Waals surface area contributed by atoms with Crippen molar-refractivity contribution >= 4 is 0 Å². The molecule has 2 nitrogen and oxygen atoms in total. The molecule has 0 amide bonds. The van der Waals surface area contributed by atoms with Crippen molar-refractivity contribution < 1.29 is 55.9 Å². The third-order valence-electron chi connectivity index (χ3n) is 0.556. The Kier molecular flexibility index (Phi) is 63.0. The van der Waals surface area contributed by atoms with Gasteiger partial charge in [0.15, 0.2) is 0 Å². The molecule has 1 aliphatic carbocycles. The summed E-state index contributed by atoms with van der Waals surface area (Å²) in [5, 5.41) is 0. The molecule has 0 N–H and O–H groups in total. The quantitative estimate of drug-likeness (QED) is 0.245. The largest absolute Gasteiger partial charge is 1.00 e. The van der Waals surface area contributed by atoms with Crippen LogP contribution in [0.5, 0.6) is 0 Å². The Balaban J connectivity index is -0.0000000369. The van der Waals surface area contributed by atoms with Gasteiger partial charge < -0.3 is 0 Å². The minimum atomic E-state index is 0. The maximum atomic E-state index is 7.50. The van der Waals surface area contributed by atoms with E-state index in [0.29, 0.717) is 0 Å². The van der Waals surface area contributed by atoms with Gasteiger partial charge in [-0.25, -0.2) is 0 Å². The van der Waals surface area contributed by atoms with Gasteiger partial charge in [-0.2, -0.15) is 0 Å². The molecule has 0 aromatic rings. The zero-order chi connectivity index (χ0) is 7.54. The first-order valence-corrected chi connectivity index (χ1v) is 2.07. The van der Waals surface area contributed by atoms with Crippen molar-refractivity contribution in [3.05, 3.63) is 45.4 Å². The summed E-state index contributed by atoms with van der Waals surface area (Å²) in [7, 11) is 0. The van der Waals surface area contributed by atoms with Crippen LogP contribution >= 0.6 is 0 Å². The molecule has 0 aromatic heterocycles. The maximum absolute atomic E-state index is 7.50. The fourth-order valence-electron chi connectivity index (χ4n) is 0.321. The SMILES string of the molecule is [C-]#[O+].[C-]#[O+].[CH]1[CH][CH][CH][CH]1.[Fe].[Na+]. The van der Waals surface area contributed by atoms with Gasteiger partial charge >= 0.3 is 52.2 Å². The topological polar surface area (TPSA) is 39.8 Å². The van der Waals surface area contributed by atoms with E-state index in [9.17, 15) is 0 Å². The molecule has 53 valence electrons. The van der Waals surface area contributed by atoms with E-state index in [1.807, 2.05) is 32.1 Å². The summed E-state index contributed by atoms with van der Waals surface area (Å²) in [6.45, 7) is 9.00. The van der Waals surface area contributed by atoms with Crippen LogP contribution in [-0.2, 0) is 26.4 Å². The number of rotatable bonds is 0. The maximum Gasteiger partial charge on any atom is 1.00 e. The Labute approximate surface area is 101 Å². The van der Waals surface area contributed by atoms with Gasteiger partial charge in [0, 0.05) is 17.1 Å². The summed E-state index contributed by atoms with van der Waals surface area (Å²) in [5.41, 5.74) is 0. The van der Waals surface area contributed by atoms with Crippen molar-refractivity contribution in [3.8, 4) is 0 Å². The molecule has 0 aliphatic heterocycles. The summed E-state index contributed by atoms with van der Waals surface area (Å²) in [4.78, 5) is 0. The Morgan fingerprint density at radius 2 is 0.727 bits per heavy atom. The predicted octanol–water partition coefficient (Wildman–Crippen LogP) is -2.05. The van der Waals surface area contributed by atoms with Gasteiger partial charge in [0.05, 0.1) is 0 Å². The molecule has 1 saturated carbocycles. The van der Waals surface area contributed by atoms with Gasteiger partial charge in [-0.1, -0.05) is 0 Å². The molecule has 0 bridgehead atoms. The third-order valence-corrected chi connectivity index (χ3v) is 0.556. The summed E-state index contributed by atoms with van der Waals surface area (Å²) in [6.07, 6.45) is 10.0. The summed E-state index contributed by atoms with van der Waals surface area (Å²) in [5.74, 6) is 0. The summed E-state index contributed by atoms with van der Waals surface area (Å²) < 4.78 is 15.0. The fraction of sp³-hybridized carbons (Fsp3) is 0. The van der Waals surface area contributed by atoms with Crippen LogP contribution in [0.15, 0.2) is 0 Å². The first-order chi connectivity index (χ1) is 4.50. The first-order valence-electron chi connectivity index (χ1n) is 2.07. The average molecular weight is 200 g/mol. The summed E-state index contributed by atoms with van der Waals surface area (Å²) in [6, 6.07) is 0. The Bertz CT molecular complexity index is 65.4. The minimum absolute atomic E-state index is 0. The van der Waals surface area contributed by atoms with E-state index >= 15 is 0 Å². The van der Waals surface area contributed by atoms with Gasteiger partial charge in [0.2, 0.25) is 0 Å². The minimum Gasteiger partial charge on any atom is -0.0312 e. The number of hydrogen-bond acceptors (Lipinski definition) is 0. The van der Waals surface area contributed by atoms with Crippen LogP contribution in [0.25, 0.3) is 0 Å². The second kappa shape index (κ2) is 30.6. The van der Waals surface area contributed by atoms with E-state index in [2.05, 4.69) is 13.3 Å². The van der Waals surface area contributed by atoms with Crippen molar-refractivity contribution in [2.45, 2.75) is 0 Å². The van der Waals surface area contributed by atoms with Crippen molar-refractivity contribution in [1.29, 1.82) is 0 Å². The number of hydrogen-bond donors (Lipinski definition) is 0. The van der Waals surface area contributed by atoms with Crippen LogP contribution in [0.2, 0.25) is 0 Å². The molecular weight excluding hydrogens is 195 g/mol. The monoisotopic (exact) mass is 200 g/mol. The van der Waals surface area contributed by atoms with Crippen molar-refractivity contribution in [3.63, 3.8) is 0 Å². The van der Waals surface area contributed by atoms with Crippen LogP contribution in [0.1, 0.15) is 0 Å². The Hall–Kier alpha value is 0.999. The Morgan fingerprint density at radius 1 is 0.636 bits per heavy atom. The Morgan fingerprint density at radius 3 is 0.818 bits per heavy atom. The second-order valence-corrected chi connectivity index (χ2v) is 0.962. The van der Waals surface area contributed by atoms with Gasteiger partial charge in [-0.15, -0.1) is 0 Å². The molecular formula is C7H5FeNaO2+. The molecule has 1 aliphatic rings. The molecule has 0 spiro atoms. The van der Waals surface area contributed by atoms with E-state index < -0.39 is 0 Å². The van der Waals surface area contributed by atoms with Crippen molar-refractivity contribution in [1.82, 2.24) is 0 Å². The van der Waals surface area contributed by atoms with E-state index in [0.717, 1.165) is 0 Å². The zero-order valence-electron chi connectivity index (χ0n) is 6.06. The molecule has 1 rings (SSSR count). The molecule has 5 radical (unpaired) electrons. The normalized spacial score (nSPS) is 11.3. The van der Waals surface area contributed by atoms with E-state index in [-0.39, 0.29) is 46.6 Å². The molecule has 0 saturated heterocycles. The van der Waals surface area contributed by atoms with E-state index in [1.165, 1.54) is 0 Å². The first kappa shape index (κ1) is 22.7. The molecule has 0 unspecified atom stereocenters. The molecule has 0 heterocycles. The van der Waals surface area contributed by atoms with Crippen molar-refractivity contribution in [2.24, 2.45) is 0 Å². The summed E-state index contributed by atoms with van der Waals surface area (Å²) >= 11 is 0. The smallest absolute Gasteiger partial charge is 0.0312 e. The average Bonchev–Trinajstić information content (AvgIpc) is 2.51. The molecule has 1 fully saturated rings.